The quantitative estimate of drug-likeness (QED) is 0.724. The lowest BCUT2D eigenvalue weighted by Crippen LogP contribution is -2.26. The van der Waals surface area contributed by atoms with Crippen molar-refractivity contribution in [2.75, 3.05) is 26.8 Å². The molecule has 1 heterocycles. The van der Waals surface area contributed by atoms with Gasteiger partial charge in [-0.25, -0.2) is 0 Å². The molecule has 3 heteroatoms. The first kappa shape index (κ1) is 15.9. The smallest absolute Gasteiger partial charge is 0.122 e. The zero-order valence-electron chi connectivity index (χ0n) is 13.8. The lowest BCUT2D eigenvalue weighted by molar-refractivity contribution is 0.260. The number of nitrogens with zero attached hydrogens (tertiary/aromatic N) is 1. The molecule has 0 atom stereocenters. The zero-order chi connectivity index (χ0) is 15.9. The normalized spacial score (nSPS) is 14.3. The first-order valence-electron chi connectivity index (χ1n) is 8.43. The molecule has 0 aliphatic carbocycles. The molecule has 1 aliphatic heterocycles. The highest BCUT2D eigenvalue weighted by atomic mass is 16.5. The summed E-state index contributed by atoms with van der Waals surface area (Å²) in [5, 5.41) is 0. The Morgan fingerprint density at radius 1 is 0.913 bits per heavy atom. The van der Waals surface area contributed by atoms with Gasteiger partial charge in [-0.1, -0.05) is 30.3 Å². The lowest BCUT2D eigenvalue weighted by Gasteiger charge is -2.26. The Balaban J connectivity index is 1.40. The standard InChI is InChI=1S/C20H25NO2/c1-21-13-12-19-17(16-21)8-7-11-20(19)23-15-6-5-14-22-18-9-3-2-4-10-18/h2-4,7-11H,5-6,12-16H2,1H3. The van der Waals surface area contributed by atoms with E-state index in [0.29, 0.717) is 0 Å². The van der Waals surface area contributed by atoms with Gasteiger partial charge in [-0.2, -0.15) is 0 Å². The molecule has 0 radical (unpaired) electrons. The van der Waals surface area contributed by atoms with Gasteiger partial charge in [0.05, 0.1) is 13.2 Å². The Hall–Kier alpha value is -2.00. The van der Waals surface area contributed by atoms with Crippen molar-refractivity contribution in [1.29, 1.82) is 0 Å². The maximum atomic E-state index is 6.02. The highest BCUT2D eigenvalue weighted by molar-refractivity contribution is 5.41. The SMILES string of the molecule is CN1CCc2c(cccc2OCCCCOc2ccccc2)C1. The summed E-state index contributed by atoms with van der Waals surface area (Å²) in [6, 6.07) is 16.4. The molecule has 2 aromatic rings. The van der Waals surface area contributed by atoms with Crippen molar-refractivity contribution < 1.29 is 9.47 Å². The van der Waals surface area contributed by atoms with Crippen LogP contribution in [0.4, 0.5) is 0 Å². The van der Waals surface area contributed by atoms with E-state index in [1.54, 1.807) is 0 Å². The number of fused-ring (bicyclic) bond motifs is 1. The molecular formula is C20H25NO2. The van der Waals surface area contributed by atoms with Crippen LogP contribution in [0.1, 0.15) is 24.0 Å². The summed E-state index contributed by atoms with van der Waals surface area (Å²) in [5.41, 5.74) is 2.80. The minimum absolute atomic E-state index is 0.741. The number of likely N-dealkylation sites (N-methyl/N-ethyl adjacent to an activating group) is 1. The maximum absolute atomic E-state index is 6.02. The average molecular weight is 311 g/mol. The fourth-order valence-corrected chi connectivity index (χ4v) is 2.94. The number of hydrogen-bond acceptors (Lipinski definition) is 3. The molecule has 0 bridgehead atoms. The second kappa shape index (κ2) is 8.02. The van der Waals surface area contributed by atoms with Gasteiger partial charge in [0.2, 0.25) is 0 Å². The van der Waals surface area contributed by atoms with Gasteiger partial charge < -0.3 is 14.4 Å². The lowest BCUT2D eigenvalue weighted by atomic mass is 9.99. The molecule has 0 aromatic heterocycles. The summed E-state index contributed by atoms with van der Waals surface area (Å²) in [6.07, 6.45) is 3.10. The van der Waals surface area contributed by atoms with E-state index in [2.05, 4.69) is 30.1 Å². The third-order valence-electron chi connectivity index (χ3n) is 4.22. The van der Waals surface area contributed by atoms with Crippen molar-refractivity contribution in [3.63, 3.8) is 0 Å². The Morgan fingerprint density at radius 2 is 1.70 bits per heavy atom. The Morgan fingerprint density at radius 3 is 2.52 bits per heavy atom. The van der Waals surface area contributed by atoms with E-state index in [-0.39, 0.29) is 0 Å². The molecule has 1 aliphatic rings. The van der Waals surface area contributed by atoms with Crippen molar-refractivity contribution in [3.05, 3.63) is 59.7 Å². The highest BCUT2D eigenvalue weighted by Gasteiger charge is 2.16. The summed E-state index contributed by atoms with van der Waals surface area (Å²) in [6.45, 7) is 3.63. The molecule has 0 unspecified atom stereocenters. The molecule has 3 rings (SSSR count). The Kier molecular flexibility index (Phi) is 5.54. The Labute approximate surface area is 138 Å². The number of ether oxygens (including phenoxy) is 2. The monoisotopic (exact) mass is 311 g/mol. The van der Waals surface area contributed by atoms with Crippen LogP contribution in [0.5, 0.6) is 11.5 Å². The zero-order valence-corrected chi connectivity index (χ0v) is 13.8. The number of rotatable bonds is 7. The van der Waals surface area contributed by atoms with Crippen LogP contribution >= 0.6 is 0 Å². The van der Waals surface area contributed by atoms with E-state index < -0.39 is 0 Å². The van der Waals surface area contributed by atoms with Crippen LogP contribution < -0.4 is 9.47 Å². The molecular weight excluding hydrogens is 286 g/mol. The molecule has 0 saturated heterocycles. The average Bonchev–Trinajstić information content (AvgIpc) is 2.58. The third kappa shape index (κ3) is 4.49. The summed E-state index contributed by atoms with van der Waals surface area (Å²) >= 11 is 0. The second-order valence-electron chi connectivity index (χ2n) is 6.10. The van der Waals surface area contributed by atoms with E-state index in [4.69, 9.17) is 9.47 Å². The van der Waals surface area contributed by atoms with Crippen LogP contribution in [0.3, 0.4) is 0 Å². The fraction of sp³-hybridized carbons (Fsp3) is 0.400. The van der Waals surface area contributed by atoms with Crippen LogP contribution in [0.2, 0.25) is 0 Å². The van der Waals surface area contributed by atoms with Crippen LogP contribution in [0.15, 0.2) is 48.5 Å². The molecule has 23 heavy (non-hydrogen) atoms. The topological polar surface area (TPSA) is 21.7 Å². The number of benzene rings is 2. The first-order chi connectivity index (χ1) is 11.3. The van der Waals surface area contributed by atoms with Gasteiger partial charge in [0.15, 0.2) is 0 Å². The molecule has 3 nitrogen and oxygen atoms in total. The molecule has 0 fully saturated rings. The highest BCUT2D eigenvalue weighted by Crippen LogP contribution is 2.27. The summed E-state index contributed by atoms with van der Waals surface area (Å²) in [7, 11) is 2.17. The van der Waals surface area contributed by atoms with Crippen LogP contribution in [0.25, 0.3) is 0 Å². The maximum Gasteiger partial charge on any atom is 0.122 e. The molecule has 2 aromatic carbocycles. The minimum atomic E-state index is 0.741. The summed E-state index contributed by atoms with van der Waals surface area (Å²) < 4.78 is 11.7. The van der Waals surface area contributed by atoms with Crippen LogP contribution in [-0.2, 0) is 13.0 Å². The van der Waals surface area contributed by atoms with E-state index in [9.17, 15) is 0 Å². The molecule has 0 N–H and O–H groups in total. The van der Waals surface area contributed by atoms with E-state index in [1.807, 2.05) is 30.3 Å². The summed E-state index contributed by atoms with van der Waals surface area (Å²) in [5.74, 6) is 2.01. The predicted molar refractivity (Wildman–Crippen MR) is 93.1 cm³/mol. The number of hydrogen-bond donors (Lipinski definition) is 0. The number of unbranched alkanes of at least 4 members (excludes halogenated alkanes) is 1. The van der Waals surface area contributed by atoms with Gasteiger partial charge in [-0.05, 0) is 55.6 Å². The van der Waals surface area contributed by atoms with Gasteiger partial charge in [0.25, 0.3) is 0 Å². The molecule has 122 valence electrons. The largest absolute Gasteiger partial charge is 0.494 e. The summed E-state index contributed by atoms with van der Waals surface area (Å²) in [4.78, 5) is 2.35. The van der Waals surface area contributed by atoms with Crippen molar-refractivity contribution in [2.45, 2.75) is 25.8 Å². The van der Waals surface area contributed by atoms with Gasteiger partial charge in [-0.15, -0.1) is 0 Å². The van der Waals surface area contributed by atoms with Crippen molar-refractivity contribution in [3.8, 4) is 11.5 Å². The van der Waals surface area contributed by atoms with Gasteiger partial charge in [0, 0.05) is 13.1 Å². The van der Waals surface area contributed by atoms with Crippen LogP contribution in [-0.4, -0.2) is 31.7 Å². The fourth-order valence-electron chi connectivity index (χ4n) is 2.94. The third-order valence-corrected chi connectivity index (χ3v) is 4.22. The van der Waals surface area contributed by atoms with Gasteiger partial charge >= 0.3 is 0 Å². The first-order valence-corrected chi connectivity index (χ1v) is 8.43. The van der Waals surface area contributed by atoms with E-state index >= 15 is 0 Å². The second-order valence-corrected chi connectivity index (χ2v) is 6.10. The van der Waals surface area contributed by atoms with Gasteiger partial charge in [0.1, 0.15) is 11.5 Å². The number of para-hydroxylation sites is 1. The minimum Gasteiger partial charge on any atom is -0.494 e. The van der Waals surface area contributed by atoms with Crippen molar-refractivity contribution in [2.24, 2.45) is 0 Å². The molecule has 0 spiro atoms. The van der Waals surface area contributed by atoms with E-state index in [1.165, 1.54) is 11.1 Å². The van der Waals surface area contributed by atoms with E-state index in [0.717, 1.165) is 57.1 Å². The van der Waals surface area contributed by atoms with Crippen LogP contribution in [0, 0.1) is 0 Å². The Bertz CT molecular complexity index is 612. The molecule has 0 saturated carbocycles. The predicted octanol–water partition coefficient (Wildman–Crippen LogP) is 3.91. The van der Waals surface area contributed by atoms with Crippen molar-refractivity contribution in [1.82, 2.24) is 4.90 Å². The van der Waals surface area contributed by atoms with Gasteiger partial charge in [-0.3, -0.25) is 0 Å². The van der Waals surface area contributed by atoms with Crippen molar-refractivity contribution >= 4 is 0 Å². The molecule has 0 amide bonds.